The van der Waals surface area contributed by atoms with Gasteiger partial charge in [-0.3, -0.25) is 4.79 Å². The lowest BCUT2D eigenvalue weighted by molar-refractivity contribution is -0.141. The molecule has 0 aromatic carbocycles. The van der Waals surface area contributed by atoms with Crippen LogP contribution in [0.4, 0.5) is 24.8 Å². The van der Waals surface area contributed by atoms with E-state index in [1.54, 1.807) is 12.3 Å². The molecule has 2 N–H and O–H groups in total. The van der Waals surface area contributed by atoms with Crippen molar-refractivity contribution in [3.05, 3.63) is 47.9 Å². The topological polar surface area (TPSA) is 84.2 Å². The Bertz CT molecular complexity index is 1030. The molecule has 0 radical (unpaired) electrons. The summed E-state index contributed by atoms with van der Waals surface area (Å²) >= 11 is 0. The molecule has 0 spiro atoms. The molecule has 7 nitrogen and oxygen atoms in total. The number of halogens is 3. The SMILES string of the molecule is O=C(NC1CCCCC1)c1cnn2ccc(Nc3cccc(C(F)(F)F)n3)nc12. The zero-order valence-electron chi connectivity index (χ0n) is 15.4. The minimum atomic E-state index is -4.54. The third kappa shape index (κ3) is 4.30. The Labute approximate surface area is 164 Å². The fraction of sp³-hybridized carbons (Fsp3) is 0.368. The smallest absolute Gasteiger partial charge is 0.349 e. The summed E-state index contributed by atoms with van der Waals surface area (Å²) in [6, 6.07) is 5.26. The zero-order valence-corrected chi connectivity index (χ0v) is 15.4. The molecule has 0 unspecified atom stereocenters. The summed E-state index contributed by atoms with van der Waals surface area (Å²) in [6.07, 6.45) is 3.75. The Kier molecular flexibility index (Phi) is 5.08. The quantitative estimate of drug-likeness (QED) is 0.688. The van der Waals surface area contributed by atoms with Crippen molar-refractivity contribution in [1.82, 2.24) is 24.9 Å². The highest BCUT2D eigenvalue weighted by Crippen LogP contribution is 2.28. The molecule has 1 amide bonds. The lowest BCUT2D eigenvalue weighted by atomic mass is 9.95. The number of fused-ring (bicyclic) bond motifs is 1. The van der Waals surface area contributed by atoms with Crippen LogP contribution in [0.5, 0.6) is 0 Å². The molecule has 152 valence electrons. The summed E-state index contributed by atoms with van der Waals surface area (Å²) < 4.78 is 40.0. The van der Waals surface area contributed by atoms with E-state index in [9.17, 15) is 18.0 Å². The van der Waals surface area contributed by atoms with Gasteiger partial charge >= 0.3 is 6.18 Å². The van der Waals surface area contributed by atoms with Gasteiger partial charge in [-0.15, -0.1) is 0 Å². The Hall–Kier alpha value is -3.17. The number of nitrogens with one attached hydrogen (secondary N) is 2. The summed E-state index contributed by atoms with van der Waals surface area (Å²) in [7, 11) is 0. The Morgan fingerprint density at radius 1 is 1.07 bits per heavy atom. The van der Waals surface area contributed by atoms with Crippen molar-refractivity contribution in [2.75, 3.05) is 5.32 Å². The fourth-order valence-electron chi connectivity index (χ4n) is 3.40. The minimum absolute atomic E-state index is 0.00407. The van der Waals surface area contributed by atoms with Crippen LogP contribution in [-0.4, -0.2) is 31.5 Å². The second-order valence-corrected chi connectivity index (χ2v) is 6.98. The van der Waals surface area contributed by atoms with Crippen LogP contribution in [0, 0.1) is 0 Å². The van der Waals surface area contributed by atoms with Gasteiger partial charge in [0.25, 0.3) is 5.91 Å². The van der Waals surface area contributed by atoms with Crippen LogP contribution in [0.2, 0.25) is 0 Å². The number of alkyl halides is 3. The summed E-state index contributed by atoms with van der Waals surface area (Å²) in [5, 5.41) is 9.90. The number of rotatable bonds is 4. The van der Waals surface area contributed by atoms with E-state index in [-0.39, 0.29) is 23.6 Å². The van der Waals surface area contributed by atoms with Crippen LogP contribution in [0.25, 0.3) is 5.65 Å². The largest absolute Gasteiger partial charge is 0.433 e. The number of aromatic nitrogens is 4. The van der Waals surface area contributed by atoms with E-state index in [1.807, 2.05) is 0 Å². The molecule has 0 saturated heterocycles. The number of carbonyl (C=O) groups excluding carboxylic acids is 1. The molecule has 1 aliphatic carbocycles. The second-order valence-electron chi connectivity index (χ2n) is 6.98. The summed E-state index contributed by atoms with van der Waals surface area (Å²) in [5.41, 5.74) is -0.369. The molecule has 3 aromatic rings. The lowest BCUT2D eigenvalue weighted by Crippen LogP contribution is -2.36. The first kappa shape index (κ1) is 19.2. The third-order valence-corrected chi connectivity index (χ3v) is 4.85. The molecule has 4 rings (SSSR count). The third-order valence-electron chi connectivity index (χ3n) is 4.85. The molecular formula is C19H19F3N6O. The van der Waals surface area contributed by atoms with Crippen molar-refractivity contribution in [2.45, 2.75) is 44.3 Å². The van der Waals surface area contributed by atoms with E-state index in [2.05, 4.69) is 25.7 Å². The number of carbonyl (C=O) groups is 1. The molecule has 0 aliphatic heterocycles. The van der Waals surface area contributed by atoms with E-state index in [1.165, 1.54) is 29.3 Å². The van der Waals surface area contributed by atoms with Gasteiger partial charge in [0, 0.05) is 12.2 Å². The minimum Gasteiger partial charge on any atom is -0.349 e. The van der Waals surface area contributed by atoms with Crippen LogP contribution in [-0.2, 0) is 6.18 Å². The summed E-state index contributed by atoms with van der Waals surface area (Å²) in [6.45, 7) is 0. The van der Waals surface area contributed by atoms with Gasteiger partial charge in [0.2, 0.25) is 0 Å². The number of hydrogen-bond donors (Lipinski definition) is 2. The van der Waals surface area contributed by atoms with E-state index >= 15 is 0 Å². The van der Waals surface area contributed by atoms with Gasteiger partial charge in [0.05, 0.1) is 6.20 Å². The van der Waals surface area contributed by atoms with Crippen LogP contribution in [0.1, 0.15) is 48.2 Å². The molecule has 3 aromatic heterocycles. The van der Waals surface area contributed by atoms with Crippen molar-refractivity contribution in [3.63, 3.8) is 0 Å². The molecule has 29 heavy (non-hydrogen) atoms. The molecule has 1 saturated carbocycles. The molecule has 1 aliphatic rings. The highest BCUT2D eigenvalue weighted by Gasteiger charge is 2.32. The molecule has 10 heteroatoms. The van der Waals surface area contributed by atoms with Crippen molar-refractivity contribution in [2.24, 2.45) is 0 Å². The van der Waals surface area contributed by atoms with Crippen molar-refractivity contribution >= 4 is 23.2 Å². The number of hydrogen-bond acceptors (Lipinski definition) is 5. The Morgan fingerprint density at radius 3 is 2.59 bits per heavy atom. The lowest BCUT2D eigenvalue weighted by Gasteiger charge is -2.22. The highest BCUT2D eigenvalue weighted by molar-refractivity contribution is 5.99. The van der Waals surface area contributed by atoms with Gasteiger partial charge in [-0.25, -0.2) is 14.5 Å². The maximum absolute atomic E-state index is 12.8. The van der Waals surface area contributed by atoms with E-state index in [4.69, 9.17) is 0 Å². The highest BCUT2D eigenvalue weighted by atomic mass is 19.4. The van der Waals surface area contributed by atoms with Crippen LogP contribution < -0.4 is 10.6 Å². The monoisotopic (exact) mass is 404 g/mol. The Morgan fingerprint density at radius 2 is 1.83 bits per heavy atom. The van der Waals surface area contributed by atoms with Crippen molar-refractivity contribution < 1.29 is 18.0 Å². The standard InChI is InChI=1S/C19H19F3N6O/c20-19(21,22)14-7-4-8-15(25-14)26-16-9-10-28-17(27-16)13(11-23-28)18(29)24-12-5-2-1-3-6-12/h4,7-12H,1-3,5-6H2,(H,24,29)(H,25,26,27). The summed E-state index contributed by atoms with van der Waals surface area (Å²) in [5.74, 6) is 0.00896. The first-order chi connectivity index (χ1) is 13.9. The van der Waals surface area contributed by atoms with Gasteiger partial charge < -0.3 is 10.6 Å². The zero-order chi connectivity index (χ0) is 20.4. The fourth-order valence-corrected chi connectivity index (χ4v) is 3.40. The summed E-state index contributed by atoms with van der Waals surface area (Å²) in [4.78, 5) is 20.6. The number of anilines is 2. The maximum Gasteiger partial charge on any atom is 0.433 e. The van der Waals surface area contributed by atoms with Gasteiger partial charge in [0.1, 0.15) is 22.9 Å². The predicted octanol–water partition coefficient (Wildman–Crippen LogP) is 3.95. The molecule has 3 heterocycles. The molecule has 0 bridgehead atoms. The van der Waals surface area contributed by atoms with Crippen molar-refractivity contribution in [1.29, 1.82) is 0 Å². The average molecular weight is 404 g/mol. The number of nitrogens with zero attached hydrogens (tertiary/aromatic N) is 4. The number of pyridine rings is 1. The van der Waals surface area contributed by atoms with Gasteiger partial charge in [-0.1, -0.05) is 25.3 Å². The first-order valence-electron chi connectivity index (χ1n) is 9.37. The normalized spacial score (nSPS) is 15.4. The van der Waals surface area contributed by atoms with E-state index < -0.39 is 11.9 Å². The first-order valence-corrected chi connectivity index (χ1v) is 9.37. The molecule has 0 atom stereocenters. The van der Waals surface area contributed by atoms with Crippen LogP contribution in [0.15, 0.2) is 36.7 Å². The van der Waals surface area contributed by atoms with Gasteiger partial charge in [0.15, 0.2) is 5.65 Å². The van der Waals surface area contributed by atoms with Gasteiger partial charge in [-0.2, -0.15) is 18.3 Å². The molecular weight excluding hydrogens is 385 g/mol. The van der Waals surface area contributed by atoms with E-state index in [0.717, 1.165) is 31.7 Å². The maximum atomic E-state index is 12.8. The predicted molar refractivity (Wildman–Crippen MR) is 99.8 cm³/mol. The van der Waals surface area contributed by atoms with Gasteiger partial charge in [-0.05, 0) is 31.0 Å². The second kappa shape index (κ2) is 7.69. The Balaban J connectivity index is 1.56. The van der Waals surface area contributed by atoms with Crippen molar-refractivity contribution in [3.8, 4) is 0 Å². The van der Waals surface area contributed by atoms with Crippen LogP contribution in [0.3, 0.4) is 0 Å². The molecule has 1 fully saturated rings. The van der Waals surface area contributed by atoms with E-state index in [0.29, 0.717) is 11.2 Å². The van der Waals surface area contributed by atoms with Crippen LogP contribution >= 0.6 is 0 Å². The number of amides is 1. The average Bonchev–Trinajstić information content (AvgIpc) is 3.12.